The van der Waals surface area contributed by atoms with Gasteiger partial charge in [-0.15, -0.1) is 0 Å². The van der Waals surface area contributed by atoms with E-state index < -0.39 is 0 Å². The molecule has 1 aromatic carbocycles. The van der Waals surface area contributed by atoms with Gasteiger partial charge >= 0.3 is 0 Å². The molecule has 1 aliphatic heterocycles. The fourth-order valence-electron chi connectivity index (χ4n) is 2.34. The number of nitrogens with zero attached hydrogens (tertiary/aromatic N) is 3. The van der Waals surface area contributed by atoms with Crippen molar-refractivity contribution in [1.82, 2.24) is 14.7 Å². The van der Waals surface area contributed by atoms with Crippen LogP contribution in [0.3, 0.4) is 0 Å². The molecule has 0 aromatic heterocycles. The number of hydrogen-bond donors (Lipinski definition) is 0. The lowest BCUT2D eigenvalue weighted by atomic mass is 10.2. The first-order valence-corrected chi connectivity index (χ1v) is 8.11. The minimum Gasteiger partial charge on any atom is -0.343 e. The molecule has 1 saturated heterocycles. The van der Waals surface area contributed by atoms with Crippen LogP contribution in [-0.2, 0) is 4.79 Å². The summed E-state index contributed by atoms with van der Waals surface area (Å²) in [5.74, 6) is 0. The smallest absolute Gasteiger partial charge is 0.209 e. The molecule has 2 rings (SSSR count). The van der Waals surface area contributed by atoms with Crippen LogP contribution in [0.25, 0.3) is 0 Å². The van der Waals surface area contributed by atoms with Crippen molar-refractivity contribution in [3.05, 3.63) is 35.4 Å². The van der Waals surface area contributed by atoms with Gasteiger partial charge in [-0.25, -0.2) is 0 Å². The molecule has 4 heteroatoms. The number of carbonyl (C=O) groups excluding carboxylic acids is 1. The number of carbonyl (C=O) groups is 1. The van der Waals surface area contributed by atoms with Crippen molar-refractivity contribution < 1.29 is 4.79 Å². The molecule has 0 saturated carbocycles. The maximum Gasteiger partial charge on any atom is 0.209 e. The Morgan fingerprint density at radius 2 is 1.50 bits per heavy atom. The lowest BCUT2D eigenvalue weighted by Gasteiger charge is -2.32. The molecule has 0 radical (unpaired) electrons. The minimum atomic E-state index is 0.894. The van der Waals surface area contributed by atoms with Crippen LogP contribution in [0.4, 0.5) is 0 Å². The molecule has 0 bridgehead atoms. The Labute approximate surface area is 135 Å². The molecule has 1 amide bonds. The van der Waals surface area contributed by atoms with Crippen LogP contribution in [0, 0.1) is 13.8 Å². The highest BCUT2D eigenvalue weighted by molar-refractivity contribution is 5.47. The molecule has 1 fully saturated rings. The summed E-state index contributed by atoms with van der Waals surface area (Å²) in [6.45, 7) is 10.4. The average Bonchev–Trinajstić information content (AvgIpc) is 2.51. The molecular weight excluding hydrogens is 274 g/mol. The van der Waals surface area contributed by atoms with Crippen molar-refractivity contribution in [2.24, 2.45) is 0 Å². The number of piperazine rings is 1. The molecule has 4 nitrogen and oxygen atoms in total. The van der Waals surface area contributed by atoms with Crippen molar-refractivity contribution in [2.75, 3.05) is 53.4 Å². The van der Waals surface area contributed by atoms with Gasteiger partial charge in [0.05, 0.1) is 0 Å². The van der Waals surface area contributed by atoms with Gasteiger partial charge in [0.1, 0.15) is 0 Å². The highest BCUT2D eigenvalue weighted by Gasteiger charge is 2.14. The zero-order valence-corrected chi connectivity index (χ0v) is 14.6. The van der Waals surface area contributed by atoms with Crippen molar-refractivity contribution in [3.8, 4) is 0 Å². The molecule has 22 heavy (non-hydrogen) atoms. The van der Waals surface area contributed by atoms with Crippen LogP contribution < -0.4 is 0 Å². The van der Waals surface area contributed by atoms with E-state index in [-0.39, 0.29) is 0 Å². The molecule has 1 aromatic rings. The molecule has 0 aliphatic carbocycles. The van der Waals surface area contributed by atoms with Crippen molar-refractivity contribution in [2.45, 2.75) is 20.3 Å². The third kappa shape index (κ3) is 8.15. The van der Waals surface area contributed by atoms with Gasteiger partial charge in [-0.2, -0.15) is 0 Å². The normalized spacial score (nSPS) is 15.4. The zero-order chi connectivity index (χ0) is 16.4. The van der Waals surface area contributed by atoms with Crippen molar-refractivity contribution in [1.29, 1.82) is 0 Å². The minimum absolute atomic E-state index is 0.894. The van der Waals surface area contributed by atoms with Gasteiger partial charge in [0, 0.05) is 26.2 Å². The molecule has 0 unspecified atom stereocenters. The van der Waals surface area contributed by atoms with Gasteiger partial charge in [-0.1, -0.05) is 35.4 Å². The summed E-state index contributed by atoms with van der Waals surface area (Å²) in [5.41, 5.74) is 2.66. The largest absolute Gasteiger partial charge is 0.343 e. The zero-order valence-electron chi connectivity index (χ0n) is 14.6. The van der Waals surface area contributed by atoms with Crippen molar-refractivity contribution >= 4 is 6.41 Å². The van der Waals surface area contributed by atoms with E-state index in [1.165, 1.54) is 17.5 Å². The molecule has 124 valence electrons. The Morgan fingerprint density at radius 3 is 1.91 bits per heavy atom. The quantitative estimate of drug-likeness (QED) is 0.779. The van der Waals surface area contributed by atoms with Gasteiger partial charge in [-0.05, 0) is 47.5 Å². The van der Waals surface area contributed by atoms with Crippen LogP contribution in [0.1, 0.15) is 17.5 Å². The molecule has 0 atom stereocenters. The summed E-state index contributed by atoms with van der Waals surface area (Å²) in [6.07, 6.45) is 2.17. The molecule has 0 spiro atoms. The molecule has 0 N–H and O–H groups in total. The molecule has 1 aliphatic rings. The predicted octanol–water partition coefficient (Wildman–Crippen LogP) is 2.02. The monoisotopic (exact) mass is 305 g/mol. The van der Waals surface area contributed by atoms with Gasteiger partial charge in [0.25, 0.3) is 0 Å². The Hall–Kier alpha value is -1.39. The highest BCUT2D eigenvalue weighted by Crippen LogP contribution is 2.00. The lowest BCUT2D eigenvalue weighted by Crippen LogP contribution is -2.46. The van der Waals surface area contributed by atoms with Gasteiger partial charge in [0.15, 0.2) is 0 Å². The molecule has 1 heterocycles. The second-order valence-electron chi connectivity index (χ2n) is 6.29. The SMILES string of the molecule is CN(C)CCCN1CCN(C=O)CC1.Cc1ccc(C)cc1. The average molecular weight is 305 g/mol. The Kier molecular flexibility index (Phi) is 8.78. The van der Waals surface area contributed by atoms with E-state index in [4.69, 9.17) is 0 Å². The van der Waals surface area contributed by atoms with Gasteiger partial charge < -0.3 is 9.80 Å². The number of hydrogen-bond acceptors (Lipinski definition) is 3. The number of amides is 1. The molecular formula is C18H31N3O. The third-order valence-corrected chi connectivity index (χ3v) is 3.85. The first-order chi connectivity index (χ1) is 10.5. The van der Waals surface area contributed by atoms with E-state index in [0.29, 0.717) is 0 Å². The lowest BCUT2D eigenvalue weighted by molar-refractivity contribution is -0.119. The third-order valence-electron chi connectivity index (χ3n) is 3.85. The van der Waals surface area contributed by atoms with Crippen LogP contribution >= 0.6 is 0 Å². The van der Waals surface area contributed by atoms with Crippen LogP contribution in [0.5, 0.6) is 0 Å². The Bertz CT molecular complexity index is 388. The summed E-state index contributed by atoms with van der Waals surface area (Å²) in [6, 6.07) is 8.48. The number of benzene rings is 1. The van der Waals surface area contributed by atoms with E-state index in [9.17, 15) is 4.79 Å². The van der Waals surface area contributed by atoms with Crippen LogP contribution in [-0.4, -0.2) is 74.5 Å². The second-order valence-corrected chi connectivity index (χ2v) is 6.29. The van der Waals surface area contributed by atoms with E-state index in [2.05, 4.69) is 62.0 Å². The first-order valence-electron chi connectivity index (χ1n) is 8.11. The second kappa shape index (κ2) is 10.4. The summed E-state index contributed by atoms with van der Waals surface area (Å²) in [4.78, 5) is 17.0. The van der Waals surface area contributed by atoms with Crippen molar-refractivity contribution in [3.63, 3.8) is 0 Å². The summed E-state index contributed by atoms with van der Waals surface area (Å²) in [5, 5.41) is 0. The topological polar surface area (TPSA) is 26.8 Å². The Morgan fingerprint density at radius 1 is 1.00 bits per heavy atom. The van der Waals surface area contributed by atoms with Gasteiger partial charge in [-0.3, -0.25) is 9.69 Å². The summed E-state index contributed by atoms with van der Waals surface area (Å²) < 4.78 is 0. The van der Waals surface area contributed by atoms with E-state index >= 15 is 0 Å². The number of aryl methyl sites for hydroxylation is 2. The van der Waals surface area contributed by atoms with Crippen LogP contribution in [0.15, 0.2) is 24.3 Å². The fourth-order valence-corrected chi connectivity index (χ4v) is 2.34. The van der Waals surface area contributed by atoms with E-state index in [1.807, 2.05) is 4.90 Å². The van der Waals surface area contributed by atoms with Crippen LogP contribution in [0.2, 0.25) is 0 Å². The standard InChI is InChI=1S/C10H21N3O.C8H10/c1-11(2)4-3-5-12-6-8-13(10-14)9-7-12;1-7-3-5-8(2)6-4-7/h10H,3-9H2,1-2H3;3-6H,1-2H3. The first kappa shape index (κ1) is 18.7. The fraction of sp³-hybridized carbons (Fsp3) is 0.611. The van der Waals surface area contributed by atoms with E-state index in [0.717, 1.165) is 45.7 Å². The maximum absolute atomic E-state index is 10.5. The van der Waals surface area contributed by atoms with Gasteiger partial charge in [0.2, 0.25) is 6.41 Å². The highest BCUT2D eigenvalue weighted by atomic mass is 16.1. The summed E-state index contributed by atoms with van der Waals surface area (Å²) >= 11 is 0. The summed E-state index contributed by atoms with van der Waals surface area (Å²) in [7, 11) is 4.20. The van der Waals surface area contributed by atoms with E-state index in [1.54, 1.807) is 0 Å². The predicted molar refractivity (Wildman–Crippen MR) is 93.2 cm³/mol. The maximum atomic E-state index is 10.5. The number of rotatable bonds is 5. The Balaban J connectivity index is 0.000000255.